The van der Waals surface area contributed by atoms with E-state index in [0.29, 0.717) is 6.42 Å². The number of halogens is 1. The number of hydrogen-bond acceptors (Lipinski definition) is 2. The quantitative estimate of drug-likeness (QED) is 0.806. The first-order chi connectivity index (χ1) is 7.04. The van der Waals surface area contributed by atoms with Crippen LogP contribution in [0.4, 0.5) is 4.39 Å². The van der Waals surface area contributed by atoms with Crippen molar-refractivity contribution >= 4 is 5.97 Å². The van der Waals surface area contributed by atoms with Crippen molar-refractivity contribution in [1.82, 2.24) is 0 Å². The Morgan fingerprint density at radius 2 is 2.20 bits per heavy atom. The normalized spacial score (nSPS) is 12.4. The molecule has 1 aromatic rings. The molecule has 0 heterocycles. The summed E-state index contributed by atoms with van der Waals surface area (Å²) in [5.41, 5.74) is 0.264. The molecule has 0 bridgehead atoms. The van der Waals surface area contributed by atoms with E-state index >= 15 is 0 Å². The zero-order chi connectivity index (χ0) is 11.4. The lowest BCUT2D eigenvalue weighted by Gasteiger charge is -2.13. The van der Waals surface area contributed by atoms with E-state index in [0.717, 1.165) is 6.07 Å². The highest BCUT2D eigenvalue weighted by Crippen LogP contribution is 2.28. The van der Waals surface area contributed by atoms with Crippen molar-refractivity contribution in [3.63, 3.8) is 0 Å². The van der Waals surface area contributed by atoms with Gasteiger partial charge in [-0.15, -0.1) is 0 Å². The number of aliphatic carboxylic acids is 1. The second-order valence-electron chi connectivity index (χ2n) is 3.41. The van der Waals surface area contributed by atoms with Gasteiger partial charge in [0.2, 0.25) is 0 Å². The molecule has 0 radical (unpaired) electrons. The molecule has 1 rings (SSSR count). The van der Waals surface area contributed by atoms with Crippen molar-refractivity contribution in [1.29, 1.82) is 0 Å². The smallest absolute Gasteiger partial charge is 0.303 e. The average molecular weight is 212 g/mol. The predicted molar refractivity (Wildman–Crippen MR) is 53.3 cm³/mol. The van der Waals surface area contributed by atoms with Gasteiger partial charge in [-0.25, -0.2) is 4.39 Å². The van der Waals surface area contributed by atoms with Crippen LogP contribution >= 0.6 is 0 Å². The van der Waals surface area contributed by atoms with Gasteiger partial charge < -0.3 is 10.2 Å². The molecule has 1 aromatic carbocycles. The molecule has 0 saturated heterocycles. The molecule has 0 aliphatic heterocycles. The summed E-state index contributed by atoms with van der Waals surface area (Å²) in [6.07, 6.45) is 0.392. The Bertz CT molecular complexity index is 363. The van der Waals surface area contributed by atoms with Gasteiger partial charge in [0.15, 0.2) is 0 Å². The van der Waals surface area contributed by atoms with Crippen LogP contribution in [0.2, 0.25) is 0 Å². The Morgan fingerprint density at radius 3 is 2.73 bits per heavy atom. The molecule has 0 fully saturated rings. The van der Waals surface area contributed by atoms with E-state index in [9.17, 15) is 14.3 Å². The summed E-state index contributed by atoms with van der Waals surface area (Å²) in [6, 6.07) is 3.67. The van der Waals surface area contributed by atoms with Crippen molar-refractivity contribution in [2.45, 2.75) is 25.7 Å². The maximum Gasteiger partial charge on any atom is 0.303 e. The third kappa shape index (κ3) is 2.94. The summed E-state index contributed by atoms with van der Waals surface area (Å²) in [5.74, 6) is -1.88. The second kappa shape index (κ2) is 4.77. The van der Waals surface area contributed by atoms with Gasteiger partial charge >= 0.3 is 5.97 Å². The van der Waals surface area contributed by atoms with Crippen LogP contribution in [0.3, 0.4) is 0 Å². The van der Waals surface area contributed by atoms with Crippen molar-refractivity contribution in [3.8, 4) is 5.75 Å². The van der Waals surface area contributed by atoms with Crippen LogP contribution in [0.15, 0.2) is 18.2 Å². The van der Waals surface area contributed by atoms with E-state index < -0.39 is 17.7 Å². The number of aromatic hydroxyl groups is 1. The van der Waals surface area contributed by atoms with Crippen molar-refractivity contribution < 1.29 is 19.4 Å². The molecule has 0 amide bonds. The van der Waals surface area contributed by atoms with E-state index in [1.54, 1.807) is 6.92 Å². The highest BCUT2D eigenvalue weighted by Gasteiger charge is 2.17. The van der Waals surface area contributed by atoms with Crippen LogP contribution in [0.1, 0.15) is 31.2 Å². The maximum absolute atomic E-state index is 13.4. The summed E-state index contributed by atoms with van der Waals surface area (Å²) in [6.45, 7) is 1.79. The first-order valence-corrected chi connectivity index (χ1v) is 4.74. The third-order valence-electron chi connectivity index (χ3n) is 2.33. The van der Waals surface area contributed by atoms with E-state index in [2.05, 4.69) is 0 Å². The Balaban J connectivity index is 3.00. The zero-order valence-electron chi connectivity index (χ0n) is 8.40. The van der Waals surface area contributed by atoms with E-state index in [-0.39, 0.29) is 17.7 Å². The summed E-state index contributed by atoms with van der Waals surface area (Å²) in [4.78, 5) is 10.6. The van der Waals surface area contributed by atoms with Gasteiger partial charge in [0.1, 0.15) is 11.6 Å². The largest absolute Gasteiger partial charge is 0.508 e. The van der Waals surface area contributed by atoms with Gasteiger partial charge in [-0.05, 0) is 36.1 Å². The molecule has 0 aromatic heterocycles. The van der Waals surface area contributed by atoms with Crippen molar-refractivity contribution in [2.24, 2.45) is 0 Å². The molecule has 0 aliphatic rings. The van der Waals surface area contributed by atoms with Gasteiger partial charge in [-0.2, -0.15) is 0 Å². The molecule has 3 nitrogen and oxygen atoms in total. The molecule has 15 heavy (non-hydrogen) atoms. The standard InChI is InChI=1S/C11H13FO3/c1-2-7(5-11(14)15)9-6-8(13)3-4-10(9)12/h3-4,6-7,13H,2,5H2,1H3,(H,14,15)/t7-/m1/s1. The van der Waals surface area contributed by atoms with Gasteiger partial charge in [0.05, 0.1) is 6.42 Å². The predicted octanol–water partition coefficient (Wildman–Crippen LogP) is 2.50. The highest BCUT2D eigenvalue weighted by molar-refractivity contribution is 5.68. The Labute approximate surface area is 87.2 Å². The number of carboxylic acids is 1. The fourth-order valence-corrected chi connectivity index (χ4v) is 1.53. The molecule has 0 unspecified atom stereocenters. The van der Waals surface area contributed by atoms with Gasteiger partial charge in [0, 0.05) is 0 Å². The number of phenolic OH excluding ortho intramolecular Hbond substituents is 1. The van der Waals surface area contributed by atoms with Gasteiger partial charge in [-0.3, -0.25) is 4.79 Å². The number of phenols is 1. The summed E-state index contributed by atoms with van der Waals surface area (Å²) >= 11 is 0. The maximum atomic E-state index is 13.4. The lowest BCUT2D eigenvalue weighted by molar-refractivity contribution is -0.137. The summed E-state index contributed by atoms with van der Waals surface area (Å²) in [7, 11) is 0. The number of benzene rings is 1. The number of carboxylic acid groups (broad SMARTS) is 1. The molecule has 82 valence electrons. The lowest BCUT2D eigenvalue weighted by atomic mass is 9.92. The highest BCUT2D eigenvalue weighted by atomic mass is 19.1. The van der Waals surface area contributed by atoms with Crippen LogP contribution in [0.25, 0.3) is 0 Å². The van der Waals surface area contributed by atoms with Crippen LogP contribution in [-0.4, -0.2) is 16.2 Å². The SMILES string of the molecule is CC[C@H](CC(=O)O)c1cc(O)ccc1F. The zero-order valence-corrected chi connectivity index (χ0v) is 8.40. The molecule has 4 heteroatoms. The van der Waals surface area contributed by atoms with E-state index in [4.69, 9.17) is 5.11 Å². The topological polar surface area (TPSA) is 57.5 Å². The fraction of sp³-hybridized carbons (Fsp3) is 0.364. The molecule has 0 spiro atoms. The van der Waals surface area contributed by atoms with Crippen LogP contribution in [0.5, 0.6) is 5.75 Å². The minimum atomic E-state index is -0.968. The second-order valence-corrected chi connectivity index (χ2v) is 3.41. The Kier molecular flexibility index (Phi) is 3.66. The molecule has 1 atom stereocenters. The van der Waals surface area contributed by atoms with Crippen LogP contribution < -0.4 is 0 Å². The molecular formula is C11H13FO3. The van der Waals surface area contributed by atoms with Crippen LogP contribution in [-0.2, 0) is 4.79 Å². The molecule has 0 saturated carbocycles. The van der Waals surface area contributed by atoms with E-state index in [1.807, 2.05) is 0 Å². The lowest BCUT2D eigenvalue weighted by Crippen LogP contribution is -2.07. The average Bonchev–Trinajstić information content (AvgIpc) is 2.18. The minimum absolute atomic E-state index is 0.0461. The number of hydrogen-bond donors (Lipinski definition) is 2. The number of rotatable bonds is 4. The Morgan fingerprint density at radius 1 is 1.53 bits per heavy atom. The van der Waals surface area contributed by atoms with Gasteiger partial charge in [0.25, 0.3) is 0 Å². The first kappa shape index (κ1) is 11.5. The first-order valence-electron chi connectivity index (χ1n) is 4.74. The van der Waals surface area contributed by atoms with Gasteiger partial charge in [-0.1, -0.05) is 6.92 Å². The fourth-order valence-electron chi connectivity index (χ4n) is 1.53. The van der Waals surface area contributed by atoms with Crippen molar-refractivity contribution in [2.75, 3.05) is 0 Å². The summed E-state index contributed by atoms with van der Waals surface area (Å²) < 4.78 is 13.4. The van der Waals surface area contributed by atoms with Crippen molar-refractivity contribution in [3.05, 3.63) is 29.6 Å². The third-order valence-corrected chi connectivity index (χ3v) is 2.33. The molecular weight excluding hydrogens is 199 g/mol. The minimum Gasteiger partial charge on any atom is -0.508 e. The number of carbonyl (C=O) groups is 1. The molecule has 2 N–H and O–H groups in total. The Hall–Kier alpha value is -1.58. The summed E-state index contributed by atoms with van der Waals surface area (Å²) in [5, 5.41) is 17.9. The van der Waals surface area contributed by atoms with E-state index in [1.165, 1.54) is 12.1 Å². The monoisotopic (exact) mass is 212 g/mol. The van der Waals surface area contributed by atoms with Crippen LogP contribution in [0, 0.1) is 5.82 Å². The molecule has 0 aliphatic carbocycles.